The lowest BCUT2D eigenvalue weighted by atomic mass is 10.1. The maximum Gasteiger partial charge on any atom is 0.325 e. The predicted molar refractivity (Wildman–Crippen MR) is 170 cm³/mol. The van der Waals surface area contributed by atoms with Crippen LogP contribution in [0.5, 0.6) is 0 Å². The molecule has 2 bridgehead atoms. The summed E-state index contributed by atoms with van der Waals surface area (Å²) in [5.41, 5.74) is 11.9. The summed E-state index contributed by atoms with van der Waals surface area (Å²) in [4.78, 5) is 57.7. The lowest BCUT2D eigenvalue weighted by molar-refractivity contribution is 0.0152. The highest BCUT2D eigenvalue weighted by Gasteiger charge is 2.52. The van der Waals surface area contributed by atoms with Crippen molar-refractivity contribution in [3.8, 4) is 0 Å². The fourth-order valence-corrected chi connectivity index (χ4v) is 11.5. The van der Waals surface area contributed by atoms with Gasteiger partial charge in [-0.2, -0.15) is 4.98 Å². The zero-order valence-corrected chi connectivity index (χ0v) is 27.5. The van der Waals surface area contributed by atoms with Gasteiger partial charge in [0, 0.05) is 0 Å². The number of anilines is 2. The Balaban J connectivity index is 1.21. The minimum atomic E-state index is -4.10. The summed E-state index contributed by atoms with van der Waals surface area (Å²) in [6, 6.07) is 0. The highest BCUT2D eigenvalue weighted by Crippen LogP contribution is 2.58. The number of aromatic amines is 1. The van der Waals surface area contributed by atoms with E-state index in [1.165, 1.54) is 35.3 Å². The first kappa shape index (κ1) is 31.8. The number of H-pyrrole nitrogens is 1. The Hall–Kier alpha value is -1.82. The molecule has 10 atom stereocenters. The van der Waals surface area contributed by atoms with E-state index in [-0.39, 0.29) is 36.1 Å². The number of nitrogens with zero attached hydrogens (tertiary/aromatic N) is 7. The molecule has 242 valence electrons. The molecule has 0 amide bonds. The van der Waals surface area contributed by atoms with Crippen molar-refractivity contribution in [3.05, 3.63) is 29.3 Å². The van der Waals surface area contributed by atoms with Crippen LogP contribution >= 0.6 is 37.0 Å². The zero-order chi connectivity index (χ0) is 31.8. The fraction of sp³-hybridized carbons (Fsp3) is 0.500. The molecule has 4 aromatic rings. The van der Waals surface area contributed by atoms with Crippen LogP contribution < -0.4 is 17.0 Å². The second kappa shape index (κ2) is 11.7. The Morgan fingerprint density at radius 1 is 0.867 bits per heavy atom. The van der Waals surface area contributed by atoms with E-state index in [0.29, 0.717) is 11.2 Å². The molecule has 7 heterocycles. The zero-order valence-electron chi connectivity index (χ0n) is 22.4. The third kappa shape index (κ3) is 5.82. The van der Waals surface area contributed by atoms with Gasteiger partial charge in [0.15, 0.2) is 22.6 Å². The minimum absolute atomic E-state index is 0.0108. The number of aromatic nitrogens is 8. The van der Waals surface area contributed by atoms with Gasteiger partial charge >= 0.3 is 13.4 Å². The van der Waals surface area contributed by atoms with Crippen molar-refractivity contribution in [2.24, 2.45) is 0 Å². The van der Waals surface area contributed by atoms with Crippen LogP contribution in [0.15, 0.2) is 23.8 Å². The third-order valence-electron chi connectivity index (χ3n) is 7.32. The van der Waals surface area contributed by atoms with Crippen LogP contribution in [0.25, 0.3) is 22.3 Å². The van der Waals surface area contributed by atoms with Gasteiger partial charge in [-0.25, -0.2) is 19.9 Å². The summed E-state index contributed by atoms with van der Waals surface area (Å²) in [6.45, 7) is -8.78. The summed E-state index contributed by atoms with van der Waals surface area (Å²) in [5, 5.41) is 19.5. The Bertz CT molecular complexity index is 1950. The van der Waals surface area contributed by atoms with Gasteiger partial charge < -0.3 is 45.0 Å². The number of hydrogen-bond acceptors (Lipinski definition) is 18. The highest BCUT2D eigenvalue weighted by molar-refractivity contribution is 8.07. The molecule has 0 saturated carbocycles. The Morgan fingerprint density at radius 2 is 1.49 bits per heavy atom. The SMILES string of the molecule is Nc1nc2c(ncn2[C@@H]2S[C@@H]3COP(O)(=S)O[C@@H]4C(O)[C@H](n5cnc6c(N)ncnc65)S[C@@H]4COP(O)(=S)O[C@H]2C3O)c(=O)[nH]1. The Labute approximate surface area is 270 Å². The van der Waals surface area contributed by atoms with Gasteiger partial charge in [0.1, 0.15) is 40.9 Å². The van der Waals surface area contributed by atoms with Gasteiger partial charge in [0.05, 0.1) is 42.5 Å². The molecule has 7 rings (SSSR count). The summed E-state index contributed by atoms with van der Waals surface area (Å²) in [6.07, 6.45) is -0.982. The first-order valence-electron chi connectivity index (χ1n) is 13.0. The van der Waals surface area contributed by atoms with E-state index in [1.54, 1.807) is 4.57 Å². The number of hydrogen-bond donors (Lipinski definition) is 7. The molecule has 0 spiro atoms. The topological polar surface area (TPSA) is 277 Å². The van der Waals surface area contributed by atoms with Gasteiger partial charge in [-0.05, 0) is 23.6 Å². The van der Waals surface area contributed by atoms with Crippen molar-refractivity contribution >= 4 is 94.7 Å². The summed E-state index contributed by atoms with van der Waals surface area (Å²) in [5.74, 6) is -0.00628. The molecule has 9 N–H and O–H groups in total. The molecular weight excluding hydrogens is 714 g/mol. The van der Waals surface area contributed by atoms with E-state index in [0.717, 1.165) is 11.8 Å². The smallest absolute Gasteiger partial charge is 0.325 e. The number of aliphatic hydroxyl groups is 2. The van der Waals surface area contributed by atoms with Gasteiger partial charge in [-0.1, -0.05) is 0 Å². The minimum Gasteiger partial charge on any atom is -0.389 e. The standard InChI is InChI=1S/C20H24N10O9P2S4/c21-14-8-15(24-3-23-14)29(4-25-8)18-11(32)12-7(45-18)2-37-41(35,43)39-13-10(31)6(1-36-40(34,42)38-12)44-19(13)30-5-26-9-16(30)27-20(22)28-17(9)33/h3-7,10-13,18-19,31-32H,1-2H2,(H,34,42)(H,35,43)(H2,21,23,24)(H3,22,27,28,33)/t6-,7-,10?,11?,12+,13+,18-,19-,40?,41?/m1/s1. The van der Waals surface area contributed by atoms with Crippen molar-refractivity contribution in [2.75, 3.05) is 24.7 Å². The first-order chi connectivity index (χ1) is 21.3. The van der Waals surface area contributed by atoms with Crippen molar-refractivity contribution in [1.29, 1.82) is 0 Å². The molecule has 4 aromatic heterocycles. The largest absolute Gasteiger partial charge is 0.389 e. The average molecular weight is 739 g/mol. The molecule has 3 aliphatic heterocycles. The van der Waals surface area contributed by atoms with Gasteiger partial charge in [0.25, 0.3) is 5.56 Å². The number of rotatable bonds is 2. The number of imidazole rings is 2. The molecular formula is C20H24N10O9P2S4. The molecule has 3 saturated heterocycles. The molecule has 0 aliphatic carbocycles. The predicted octanol–water partition coefficient (Wildman–Crippen LogP) is -0.676. The molecule has 25 heteroatoms. The van der Waals surface area contributed by atoms with Gasteiger partial charge in [-0.3, -0.25) is 23.4 Å². The molecule has 3 fully saturated rings. The number of thioether (sulfide) groups is 2. The van der Waals surface area contributed by atoms with E-state index in [2.05, 4.69) is 29.9 Å². The molecule has 45 heavy (non-hydrogen) atoms. The monoisotopic (exact) mass is 738 g/mol. The molecule has 0 aromatic carbocycles. The van der Waals surface area contributed by atoms with Crippen LogP contribution in [0.4, 0.5) is 11.8 Å². The number of nitrogen functional groups attached to an aromatic ring is 2. The van der Waals surface area contributed by atoms with Crippen LogP contribution in [0.1, 0.15) is 10.7 Å². The van der Waals surface area contributed by atoms with E-state index in [1.807, 2.05) is 0 Å². The van der Waals surface area contributed by atoms with E-state index < -0.39 is 64.7 Å². The molecule has 3 aliphatic rings. The molecule has 4 unspecified atom stereocenters. The van der Waals surface area contributed by atoms with Gasteiger partial charge in [-0.15, -0.1) is 23.5 Å². The Morgan fingerprint density at radius 3 is 2.22 bits per heavy atom. The molecule has 0 radical (unpaired) electrons. The average Bonchev–Trinajstić information content (AvgIpc) is 3.72. The summed E-state index contributed by atoms with van der Waals surface area (Å²) < 4.78 is 26.2. The maximum atomic E-state index is 12.4. The lowest BCUT2D eigenvalue weighted by Crippen LogP contribution is -2.35. The van der Waals surface area contributed by atoms with Crippen LogP contribution in [0.2, 0.25) is 0 Å². The van der Waals surface area contributed by atoms with Crippen molar-refractivity contribution in [2.45, 2.75) is 45.7 Å². The van der Waals surface area contributed by atoms with Crippen LogP contribution in [0.3, 0.4) is 0 Å². The molecule has 19 nitrogen and oxygen atoms in total. The lowest BCUT2D eigenvalue weighted by Gasteiger charge is -2.28. The number of nitrogens with one attached hydrogen (secondary N) is 1. The van der Waals surface area contributed by atoms with Crippen LogP contribution in [-0.2, 0) is 41.7 Å². The van der Waals surface area contributed by atoms with Crippen LogP contribution in [-0.4, -0.2) is 107 Å². The van der Waals surface area contributed by atoms with E-state index in [4.69, 9.17) is 53.2 Å². The number of fused-ring (bicyclic) bond motifs is 5. The Kier molecular flexibility index (Phi) is 8.26. The van der Waals surface area contributed by atoms with Crippen molar-refractivity contribution < 1.29 is 38.1 Å². The van der Waals surface area contributed by atoms with Crippen molar-refractivity contribution in [3.63, 3.8) is 0 Å². The number of aliphatic hydroxyl groups excluding tert-OH is 2. The normalized spacial score (nSPS) is 37.7. The summed E-state index contributed by atoms with van der Waals surface area (Å²) in [7, 11) is 0. The van der Waals surface area contributed by atoms with E-state index in [9.17, 15) is 24.8 Å². The van der Waals surface area contributed by atoms with Crippen LogP contribution in [0, 0.1) is 0 Å². The second-order valence-corrected chi connectivity index (χ2v) is 18.4. The number of nitrogens with two attached hydrogens (primary N) is 2. The maximum absolute atomic E-state index is 12.4. The van der Waals surface area contributed by atoms with E-state index >= 15 is 0 Å². The van der Waals surface area contributed by atoms with Crippen molar-refractivity contribution in [1.82, 2.24) is 39.0 Å². The summed E-state index contributed by atoms with van der Waals surface area (Å²) >= 11 is 12.9. The third-order valence-corrected chi connectivity index (χ3v) is 13.5. The first-order valence-corrected chi connectivity index (χ1v) is 20.0. The van der Waals surface area contributed by atoms with Gasteiger partial charge in [0.2, 0.25) is 5.95 Å². The highest BCUT2D eigenvalue weighted by atomic mass is 32.5. The second-order valence-electron chi connectivity index (χ2n) is 10.1. The fourth-order valence-electron chi connectivity index (χ4n) is 5.30. The quantitative estimate of drug-likeness (QED) is 0.126.